The fourth-order valence-electron chi connectivity index (χ4n) is 2.70. The molecule has 0 atom stereocenters. The van der Waals surface area contributed by atoms with Crippen LogP contribution in [0.3, 0.4) is 0 Å². The van der Waals surface area contributed by atoms with E-state index in [9.17, 15) is 4.79 Å². The first-order chi connectivity index (χ1) is 11.6. The summed E-state index contributed by atoms with van der Waals surface area (Å²) in [6.45, 7) is 3.19. The fourth-order valence-corrected chi connectivity index (χ4v) is 4.29. The van der Waals surface area contributed by atoms with Gasteiger partial charge in [0.25, 0.3) is 0 Å². The van der Waals surface area contributed by atoms with E-state index in [2.05, 4.69) is 17.0 Å². The van der Waals surface area contributed by atoms with Gasteiger partial charge in [0.05, 0.1) is 15.8 Å². The molecular formula is C18H18Cl2N2OS. The Morgan fingerprint density at radius 1 is 0.917 bits per heavy atom. The van der Waals surface area contributed by atoms with Crippen molar-refractivity contribution in [2.45, 2.75) is 4.90 Å². The van der Waals surface area contributed by atoms with E-state index in [0.29, 0.717) is 15.8 Å². The minimum Gasteiger partial charge on any atom is -0.368 e. The molecule has 0 N–H and O–H groups in total. The Morgan fingerprint density at radius 2 is 1.54 bits per heavy atom. The number of benzene rings is 2. The number of rotatable bonds is 4. The Hall–Kier alpha value is -1.36. The average molecular weight is 381 g/mol. The van der Waals surface area contributed by atoms with Crippen LogP contribution < -0.4 is 4.90 Å². The number of amides is 1. The Labute approximate surface area is 156 Å². The van der Waals surface area contributed by atoms with Crippen molar-refractivity contribution < 1.29 is 4.79 Å². The molecule has 24 heavy (non-hydrogen) atoms. The zero-order valence-corrected chi connectivity index (χ0v) is 15.4. The number of anilines is 1. The van der Waals surface area contributed by atoms with Crippen LogP contribution >= 0.6 is 35.0 Å². The average Bonchev–Trinajstić information content (AvgIpc) is 2.62. The van der Waals surface area contributed by atoms with E-state index in [0.717, 1.165) is 31.1 Å². The molecular weight excluding hydrogens is 363 g/mol. The van der Waals surface area contributed by atoms with Crippen LogP contribution in [0.25, 0.3) is 0 Å². The summed E-state index contributed by atoms with van der Waals surface area (Å²) in [6.07, 6.45) is 0. The molecule has 1 aliphatic rings. The molecule has 1 heterocycles. The van der Waals surface area contributed by atoms with Gasteiger partial charge in [-0.05, 0) is 24.3 Å². The third-order valence-electron chi connectivity index (χ3n) is 4.01. The van der Waals surface area contributed by atoms with E-state index in [1.54, 1.807) is 18.2 Å². The second-order valence-electron chi connectivity index (χ2n) is 5.54. The van der Waals surface area contributed by atoms with Gasteiger partial charge in [-0.15, -0.1) is 11.8 Å². The van der Waals surface area contributed by atoms with Crippen LogP contribution in [-0.2, 0) is 4.79 Å². The van der Waals surface area contributed by atoms with Gasteiger partial charge in [0.15, 0.2) is 0 Å². The third kappa shape index (κ3) is 4.18. The molecule has 6 heteroatoms. The Bertz CT molecular complexity index is 683. The molecule has 0 bridgehead atoms. The Balaban J connectivity index is 1.52. The molecule has 1 aliphatic heterocycles. The van der Waals surface area contributed by atoms with Crippen LogP contribution in [0.15, 0.2) is 53.4 Å². The summed E-state index contributed by atoms with van der Waals surface area (Å²) in [5, 5.41) is 1.18. The van der Waals surface area contributed by atoms with Gasteiger partial charge in [-0.25, -0.2) is 0 Å². The van der Waals surface area contributed by atoms with Crippen molar-refractivity contribution >= 4 is 46.6 Å². The molecule has 0 radical (unpaired) electrons. The molecule has 0 unspecified atom stereocenters. The van der Waals surface area contributed by atoms with Crippen molar-refractivity contribution in [1.82, 2.24) is 4.90 Å². The maximum atomic E-state index is 12.4. The van der Waals surface area contributed by atoms with Crippen LogP contribution in [0.1, 0.15) is 0 Å². The molecule has 1 saturated heterocycles. The number of para-hydroxylation sites is 1. The quantitative estimate of drug-likeness (QED) is 0.732. The highest BCUT2D eigenvalue weighted by Crippen LogP contribution is 2.34. The standard InChI is InChI=1S/C18H18Cl2N2OS/c19-15-7-4-8-16(20)18(15)24-13-17(23)22-11-9-21(10-12-22)14-5-2-1-3-6-14/h1-8H,9-13H2. The Kier molecular flexibility index (Phi) is 5.93. The largest absolute Gasteiger partial charge is 0.368 e. The van der Waals surface area contributed by atoms with E-state index in [1.165, 1.54) is 17.4 Å². The second kappa shape index (κ2) is 8.15. The predicted octanol–water partition coefficient (Wildman–Crippen LogP) is 4.43. The summed E-state index contributed by atoms with van der Waals surface area (Å²) >= 11 is 13.7. The minimum atomic E-state index is 0.128. The maximum absolute atomic E-state index is 12.4. The van der Waals surface area contributed by atoms with Gasteiger partial charge in [-0.1, -0.05) is 47.5 Å². The van der Waals surface area contributed by atoms with Gasteiger partial charge >= 0.3 is 0 Å². The summed E-state index contributed by atoms with van der Waals surface area (Å²) in [7, 11) is 0. The van der Waals surface area contributed by atoms with Gasteiger partial charge in [-0.2, -0.15) is 0 Å². The molecule has 0 spiro atoms. The Morgan fingerprint density at radius 3 is 2.17 bits per heavy atom. The zero-order chi connectivity index (χ0) is 16.9. The molecule has 3 rings (SSSR count). The number of thioether (sulfide) groups is 1. The molecule has 3 nitrogen and oxygen atoms in total. The van der Waals surface area contributed by atoms with Crippen LogP contribution in [0.2, 0.25) is 10.0 Å². The number of carbonyl (C=O) groups is 1. The molecule has 2 aromatic carbocycles. The lowest BCUT2D eigenvalue weighted by molar-refractivity contribution is -0.128. The first-order valence-electron chi connectivity index (χ1n) is 7.80. The predicted molar refractivity (Wildman–Crippen MR) is 102 cm³/mol. The summed E-state index contributed by atoms with van der Waals surface area (Å²) < 4.78 is 0. The third-order valence-corrected chi connectivity index (χ3v) is 5.99. The van der Waals surface area contributed by atoms with Crippen LogP contribution in [0.4, 0.5) is 5.69 Å². The van der Waals surface area contributed by atoms with Gasteiger partial charge in [0.2, 0.25) is 5.91 Å². The normalized spacial score (nSPS) is 14.8. The van der Waals surface area contributed by atoms with Crippen molar-refractivity contribution in [2.24, 2.45) is 0 Å². The van der Waals surface area contributed by atoms with Crippen molar-refractivity contribution in [2.75, 3.05) is 36.8 Å². The highest BCUT2D eigenvalue weighted by Gasteiger charge is 2.21. The lowest BCUT2D eigenvalue weighted by atomic mass is 10.2. The van der Waals surface area contributed by atoms with Crippen molar-refractivity contribution in [3.05, 3.63) is 58.6 Å². The first kappa shape index (κ1) is 17.5. The topological polar surface area (TPSA) is 23.6 Å². The van der Waals surface area contributed by atoms with Crippen molar-refractivity contribution in [3.63, 3.8) is 0 Å². The van der Waals surface area contributed by atoms with E-state index in [4.69, 9.17) is 23.2 Å². The van der Waals surface area contributed by atoms with Gasteiger partial charge < -0.3 is 9.80 Å². The number of halogens is 2. The highest BCUT2D eigenvalue weighted by atomic mass is 35.5. The smallest absolute Gasteiger partial charge is 0.233 e. The summed E-state index contributed by atoms with van der Waals surface area (Å²) in [4.78, 5) is 17.4. The summed E-state index contributed by atoms with van der Waals surface area (Å²) in [6, 6.07) is 15.7. The SMILES string of the molecule is O=C(CSc1c(Cl)cccc1Cl)N1CCN(c2ccccc2)CC1. The molecule has 0 saturated carbocycles. The number of piperazine rings is 1. The van der Waals surface area contributed by atoms with Crippen LogP contribution in [0.5, 0.6) is 0 Å². The minimum absolute atomic E-state index is 0.128. The van der Waals surface area contributed by atoms with E-state index >= 15 is 0 Å². The number of hydrogen-bond acceptors (Lipinski definition) is 3. The van der Waals surface area contributed by atoms with E-state index in [1.807, 2.05) is 23.1 Å². The molecule has 0 aliphatic carbocycles. The lowest BCUT2D eigenvalue weighted by Crippen LogP contribution is -2.49. The lowest BCUT2D eigenvalue weighted by Gasteiger charge is -2.36. The van der Waals surface area contributed by atoms with Gasteiger partial charge in [-0.3, -0.25) is 4.79 Å². The first-order valence-corrected chi connectivity index (χ1v) is 9.54. The van der Waals surface area contributed by atoms with Crippen molar-refractivity contribution in [3.8, 4) is 0 Å². The molecule has 2 aromatic rings. The summed E-state index contributed by atoms with van der Waals surface area (Å²) in [5.74, 6) is 0.484. The summed E-state index contributed by atoms with van der Waals surface area (Å²) in [5.41, 5.74) is 1.21. The molecule has 1 amide bonds. The molecule has 0 aromatic heterocycles. The second-order valence-corrected chi connectivity index (χ2v) is 7.34. The van der Waals surface area contributed by atoms with Gasteiger partial charge in [0.1, 0.15) is 0 Å². The fraction of sp³-hybridized carbons (Fsp3) is 0.278. The van der Waals surface area contributed by atoms with Gasteiger partial charge in [0, 0.05) is 36.8 Å². The number of nitrogens with zero attached hydrogens (tertiary/aromatic N) is 2. The van der Waals surface area contributed by atoms with E-state index in [-0.39, 0.29) is 5.91 Å². The zero-order valence-electron chi connectivity index (χ0n) is 13.1. The van der Waals surface area contributed by atoms with Crippen LogP contribution in [-0.4, -0.2) is 42.7 Å². The maximum Gasteiger partial charge on any atom is 0.233 e. The van der Waals surface area contributed by atoms with E-state index < -0.39 is 0 Å². The highest BCUT2D eigenvalue weighted by molar-refractivity contribution is 8.00. The monoisotopic (exact) mass is 380 g/mol. The molecule has 126 valence electrons. The molecule has 1 fully saturated rings. The van der Waals surface area contributed by atoms with Crippen molar-refractivity contribution in [1.29, 1.82) is 0 Å². The number of carbonyl (C=O) groups excluding carboxylic acids is 1. The van der Waals surface area contributed by atoms with Crippen LogP contribution in [0, 0.1) is 0 Å². The number of hydrogen-bond donors (Lipinski definition) is 0.